The fraction of sp³-hybridized carbons (Fsp3) is 0.969. The van der Waals surface area contributed by atoms with Gasteiger partial charge in [-0.3, -0.25) is 42.5 Å². The van der Waals surface area contributed by atoms with Gasteiger partial charge in [0.1, 0.15) is 0 Å². The van der Waals surface area contributed by atoms with Crippen LogP contribution in [-0.4, -0.2) is 49.3 Å². The van der Waals surface area contributed by atoms with Gasteiger partial charge in [-0.25, -0.2) is 0 Å². The molecule has 0 spiro atoms. The normalized spacial score (nSPS) is 44.4. The predicted octanol–water partition coefficient (Wildman–Crippen LogP) is 3.42. The Morgan fingerprint density at radius 3 is 0.830 bits per heavy atom. The van der Waals surface area contributed by atoms with E-state index in [1.165, 1.54) is 96.3 Å². The van der Waals surface area contributed by atoms with Crippen molar-refractivity contribution in [2.24, 2.45) is 68.7 Å². The summed E-state index contributed by atoms with van der Waals surface area (Å²) in [4.78, 5) is 32.0. The third-order valence-corrected chi connectivity index (χ3v) is 13.6. The molecule has 1 radical (unpaired) electrons. The van der Waals surface area contributed by atoms with Gasteiger partial charge < -0.3 is 46.9 Å². The van der Waals surface area contributed by atoms with Gasteiger partial charge in [-0.1, -0.05) is 51.4 Å². The first-order chi connectivity index (χ1) is 25.5. The first-order valence-corrected chi connectivity index (χ1v) is 19.2. The van der Waals surface area contributed by atoms with E-state index >= 15 is 0 Å². The molecule has 16 atom stereocenters. The summed E-state index contributed by atoms with van der Waals surface area (Å²) in [7, 11) is 0. The molecule has 9 rings (SSSR count). The van der Waals surface area contributed by atoms with Gasteiger partial charge in [-0.15, -0.1) is 27.3 Å². The SMILES string of the molecule is O=N[O-].O=N[O-].O=N[O-].O=N[O-].[CH-]1CCCC2C3NC(NC4NC(NC5NC(NC6NC(N3)C3CCCCC63)C3CCCCC53)C3CCCCC43)C12.[Mn]. The Morgan fingerprint density at radius 2 is 0.566 bits per heavy atom. The molecule has 0 aromatic rings. The minimum atomic E-state index is 0. The molecule has 8 N–H and O–H groups in total. The quantitative estimate of drug-likeness (QED) is 0.0754. The smallest absolute Gasteiger partial charge is 0.0628 e. The molecule has 0 aromatic carbocycles. The molecule has 5 heterocycles. The van der Waals surface area contributed by atoms with Gasteiger partial charge in [-0.05, 0) is 80.0 Å². The summed E-state index contributed by atoms with van der Waals surface area (Å²) >= 11 is 0. The molecule has 16 unspecified atom stereocenters. The zero-order valence-electron chi connectivity index (χ0n) is 29.9. The molecule has 9 aliphatic rings. The molecule has 0 amide bonds. The van der Waals surface area contributed by atoms with E-state index in [0.717, 1.165) is 56.9 Å². The van der Waals surface area contributed by atoms with Crippen molar-refractivity contribution in [3.8, 4) is 0 Å². The third kappa shape index (κ3) is 10.2. The topological polar surface area (TPSA) is 306 Å². The third-order valence-electron chi connectivity index (χ3n) is 13.6. The minimum absolute atomic E-state index is 0. The molecule has 4 aliphatic carbocycles. The fourth-order valence-corrected chi connectivity index (χ4v) is 11.7. The first kappa shape index (κ1) is 43.5. The van der Waals surface area contributed by atoms with Crippen molar-refractivity contribution in [3.05, 3.63) is 46.9 Å². The Labute approximate surface area is 320 Å². The average Bonchev–Trinajstić information content (AvgIpc) is 3.89. The minimum Gasteiger partial charge on any atom is -0.444 e. The van der Waals surface area contributed by atoms with Crippen LogP contribution < -0.4 is 42.5 Å². The number of hydrogen-bond donors (Lipinski definition) is 8. The van der Waals surface area contributed by atoms with Crippen LogP contribution in [0.25, 0.3) is 0 Å². The molecule has 20 nitrogen and oxygen atoms in total. The van der Waals surface area contributed by atoms with Crippen molar-refractivity contribution in [1.82, 2.24) is 42.5 Å². The number of fused-ring (bicyclic) bond motifs is 20. The van der Waals surface area contributed by atoms with Gasteiger partial charge >= 0.3 is 0 Å². The molecule has 0 aromatic heterocycles. The van der Waals surface area contributed by atoms with E-state index in [1.807, 2.05) is 0 Å². The maximum Gasteiger partial charge on any atom is 0.0628 e. The maximum atomic E-state index is 8.00. The van der Waals surface area contributed by atoms with Gasteiger partial charge in [0.05, 0.1) is 43.2 Å². The summed E-state index contributed by atoms with van der Waals surface area (Å²) in [6.07, 6.45) is 26.4. The maximum absolute atomic E-state index is 8.00. The van der Waals surface area contributed by atoms with E-state index < -0.39 is 0 Å². The van der Waals surface area contributed by atoms with Crippen molar-refractivity contribution in [3.63, 3.8) is 0 Å². The van der Waals surface area contributed by atoms with Crippen LogP contribution in [-0.2, 0) is 17.1 Å². The second kappa shape index (κ2) is 21.8. The van der Waals surface area contributed by atoms with E-state index in [0.29, 0.717) is 61.2 Å². The molecular weight excluding hydrogens is 735 g/mol. The van der Waals surface area contributed by atoms with Crippen LogP contribution in [0.2, 0.25) is 0 Å². The van der Waals surface area contributed by atoms with Crippen LogP contribution in [0.15, 0.2) is 21.4 Å². The van der Waals surface area contributed by atoms with Crippen molar-refractivity contribution in [2.75, 3.05) is 0 Å². The summed E-state index contributed by atoms with van der Waals surface area (Å²) in [5.74, 6) is 5.74. The van der Waals surface area contributed by atoms with E-state index in [2.05, 4.69) is 49.0 Å². The van der Waals surface area contributed by atoms with Crippen LogP contribution in [0.1, 0.15) is 96.3 Å². The molecule has 21 heteroatoms. The van der Waals surface area contributed by atoms with Gasteiger partial charge in [0.2, 0.25) is 0 Å². The average molecular weight is 791 g/mol. The molecule has 53 heavy (non-hydrogen) atoms. The Bertz CT molecular complexity index is 910. The fourth-order valence-electron chi connectivity index (χ4n) is 11.7. The summed E-state index contributed by atoms with van der Waals surface area (Å²) in [6, 6.07) is 0. The molecule has 9 fully saturated rings. The first-order valence-electron chi connectivity index (χ1n) is 19.2. The second-order valence-corrected chi connectivity index (χ2v) is 15.7. The zero-order chi connectivity index (χ0) is 37.0. The van der Waals surface area contributed by atoms with E-state index in [-0.39, 0.29) is 17.1 Å². The monoisotopic (exact) mass is 790 g/mol. The van der Waals surface area contributed by atoms with E-state index in [9.17, 15) is 0 Å². The van der Waals surface area contributed by atoms with Crippen LogP contribution in [0.3, 0.4) is 0 Å². The number of hydrogen-bond acceptors (Lipinski definition) is 20. The van der Waals surface area contributed by atoms with Crippen LogP contribution in [0, 0.1) is 94.2 Å². The summed E-state index contributed by atoms with van der Waals surface area (Å²) in [5, 5.41) is 69.7. The van der Waals surface area contributed by atoms with Crippen molar-refractivity contribution in [1.29, 1.82) is 0 Å². The van der Waals surface area contributed by atoms with Gasteiger partial charge in [0.15, 0.2) is 0 Å². The molecular formula is C32H55MnN12O8-5. The molecule has 8 bridgehead atoms. The Balaban J connectivity index is 0.000000431. The number of nitrogens with zero attached hydrogens (tertiary/aromatic N) is 4. The number of rotatable bonds is 0. The van der Waals surface area contributed by atoms with Gasteiger partial charge in [0, 0.05) is 23.2 Å². The van der Waals surface area contributed by atoms with Crippen molar-refractivity contribution in [2.45, 2.75) is 146 Å². The Kier molecular flexibility index (Phi) is 17.9. The van der Waals surface area contributed by atoms with E-state index in [4.69, 9.17) is 40.5 Å². The van der Waals surface area contributed by atoms with Crippen LogP contribution in [0.4, 0.5) is 0 Å². The Morgan fingerprint density at radius 1 is 0.358 bits per heavy atom. The van der Waals surface area contributed by atoms with Gasteiger partial charge in [0.25, 0.3) is 0 Å². The summed E-state index contributed by atoms with van der Waals surface area (Å²) < 4.78 is 0. The largest absolute Gasteiger partial charge is 0.444 e. The molecule has 303 valence electrons. The van der Waals surface area contributed by atoms with Gasteiger partial charge in [-0.2, -0.15) is 6.42 Å². The summed E-state index contributed by atoms with van der Waals surface area (Å²) in [5.41, 5.74) is 0. The number of nitrogens with one attached hydrogen (secondary N) is 8. The predicted molar refractivity (Wildman–Crippen MR) is 194 cm³/mol. The molecule has 5 saturated heterocycles. The standard InChI is InChI=1S/C32H55N8.Mn.4HNO2/c1-2-10-18-17(9-1)25-33-26(18)38-28-21-13-5-6-14-22(21)30(35-28)40-32-24-16-8-7-15-23(24)31(36-32)39-29-20-12-4-3-11-19(20)27(34-29)37-25;;4*2-1-3/h9,17-40H,1-8,10-16H2;;4*(H,2,3)/q-1;;;;;/p-4. The van der Waals surface area contributed by atoms with E-state index in [1.54, 1.807) is 0 Å². The zero-order valence-corrected chi connectivity index (χ0v) is 31.0. The molecule has 5 aliphatic heterocycles. The van der Waals surface area contributed by atoms with Crippen molar-refractivity contribution < 1.29 is 17.1 Å². The Hall–Kier alpha value is -2.20. The van der Waals surface area contributed by atoms with Crippen LogP contribution in [0.5, 0.6) is 0 Å². The molecule has 4 saturated carbocycles. The van der Waals surface area contributed by atoms with Crippen LogP contribution >= 0.6 is 0 Å². The van der Waals surface area contributed by atoms with Crippen molar-refractivity contribution >= 4 is 0 Å². The summed E-state index contributed by atoms with van der Waals surface area (Å²) in [6.45, 7) is 0. The second-order valence-electron chi connectivity index (χ2n) is 15.7.